The molecule has 0 amide bonds. The summed E-state index contributed by atoms with van der Waals surface area (Å²) in [7, 11) is 0. The Hall–Kier alpha value is -2.63. The van der Waals surface area contributed by atoms with Gasteiger partial charge in [-0.1, -0.05) is 49.4 Å². The lowest BCUT2D eigenvalue weighted by Crippen LogP contribution is -2.32. The smallest absolute Gasteiger partial charge is 0.0991 e. The Bertz CT molecular complexity index is 917. The molecule has 0 atom stereocenters. The molecule has 3 aromatic rings. The van der Waals surface area contributed by atoms with E-state index >= 15 is 0 Å². The van der Waals surface area contributed by atoms with Crippen molar-refractivity contribution in [2.75, 3.05) is 13.1 Å². The highest BCUT2D eigenvalue weighted by molar-refractivity contribution is 5.87. The number of hydrogen-bond donors (Lipinski definition) is 0. The zero-order valence-corrected chi connectivity index (χ0v) is 15.9. The van der Waals surface area contributed by atoms with E-state index in [1.54, 1.807) is 0 Å². The van der Waals surface area contributed by atoms with Gasteiger partial charge in [0, 0.05) is 12.6 Å². The molecule has 0 aliphatic carbocycles. The van der Waals surface area contributed by atoms with Crippen molar-refractivity contribution >= 4 is 10.8 Å². The van der Waals surface area contributed by atoms with Gasteiger partial charge in [0.1, 0.15) is 0 Å². The van der Waals surface area contributed by atoms with Crippen molar-refractivity contribution in [3.63, 3.8) is 0 Å². The monoisotopic (exact) mass is 342 g/mol. The third-order valence-electron chi connectivity index (χ3n) is 5.08. The number of rotatable bonds is 6. The van der Waals surface area contributed by atoms with Gasteiger partial charge in [-0.15, -0.1) is 0 Å². The van der Waals surface area contributed by atoms with E-state index in [0.29, 0.717) is 11.6 Å². The van der Waals surface area contributed by atoms with Crippen LogP contribution in [0.3, 0.4) is 0 Å². The first-order valence-corrected chi connectivity index (χ1v) is 9.38. The molecule has 0 aliphatic rings. The molecule has 26 heavy (non-hydrogen) atoms. The Morgan fingerprint density at radius 3 is 2.19 bits per heavy atom. The topological polar surface area (TPSA) is 27.0 Å². The number of nitrogens with zero attached hydrogens (tertiary/aromatic N) is 2. The van der Waals surface area contributed by atoms with Crippen molar-refractivity contribution in [1.82, 2.24) is 4.90 Å². The average molecular weight is 342 g/mol. The quantitative estimate of drug-likeness (QED) is 0.578. The Balaban J connectivity index is 1.80. The first-order valence-electron chi connectivity index (χ1n) is 9.38. The maximum absolute atomic E-state index is 8.94. The normalized spacial score (nSPS) is 11.2. The van der Waals surface area contributed by atoms with Crippen LogP contribution < -0.4 is 0 Å². The highest BCUT2D eigenvalue weighted by Crippen LogP contribution is 2.25. The second-order valence-electron chi connectivity index (χ2n) is 7.06. The average Bonchev–Trinajstić information content (AvgIpc) is 2.68. The van der Waals surface area contributed by atoms with Gasteiger partial charge in [-0.2, -0.15) is 5.26 Å². The number of likely N-dealkylation sites (N-methyl/N-ethyl adjacent to an activating group) is 1. The van der Waals surface area contributed by atoms with Crippen molar-refractivity contribution < 1.29 is 0 Å². The van der Waals surface area contributed by atoms with Gasteiger partial charge in [0.25, 0.3) is 0 Å². The second kappa shape index (κ2) is 8.17. The van der Waals surface area contributed by atoms with Crippen LogP contribution in [0, 0.1) is 11.3 Å². The van der Waals surface area contributed by atoms with Crippen LogP contribution in [0.25, 0.3) is 21.9 Å². The molecule has 0 spiro atoms. The zero-order chi connectivity index (χ0) is 18.5. The van der Waals surface area contributed by atoms with Crippen LogP contribution in [0.5, 0.6) is 0 Å². The van der Waals surface area contributed by atoms with Crippen LogP contribution in [-0.4, -0.2) is 24.0 Å². The zero-order valence-electron chi connectivity index (χ0n) is 15.9. The maximum Gasteiger partial charge on any atom is 0.0991 e. The maximum atomic E-state index is 8.94. The lowest BCUT2D eigenvalue weighted by Gasteiger charge is -2.24. The summed E-state index contributed by atoms with van der Waals surface area (Å²) in [5, 5.41) is 11.5. The van der Waals surface area contributed by atoms with Crippen molar-refractivity contribution in [1.29, 1.82) is 5.26 Å². The van der Waals surface area contributed by atoms with Crippen LogP contribution in [0.2, 0.25) is 0 Å². The van der Waals surface area contributed by atoms with Gasteiger partial charge < -0.3 is 4.90 Å². The first kappa shape index (κ1) is 18.2. The van der Waals surface area contributed by atoms with Crippen molar-refractivity contribution in [3.8, 4) is 17.2 Å². The molecule has 0 aromatic heterocycles. The third-order valence-corrected chi connectivity index (χ3v) is 5.08. The predicted molar refractivity (Wildman–Crippen MR) is 110 cm³/mol. The molecule has 2 heteroatoms. The van der Waals surface area contributed by atoms with Crippen LogP contribution in [0.15, 0.2) is 60.7 Å². The van der Waals surface area contributed by atoms with Crippen LogP contribution in [0.4, 0.5) is 0 Å². The Labute approximate surface area is 156 Å². The minimum atomic E-state index is 0.593. The summed E-state index contributed by atoms with van der Waals surface area (Å²) in [6.45, 7) is 8.94. The minimum Gasteiger partial charge on any atom is -0.301 e. The Kier molecular flexibility index (Phi) is 5.71. The summed E-state index contributed by atoms with van der Waals surface area (Å²) in [5.41, 5.74) is 4.42. The summed E-state index contributed by atoms with van der Waals surface area (Å²) in [4.78, 5) is 2.50. The standard InChI is InChI=1S/C24H26N2/c1-4-26(18(2)3)14-13-19-5-10-24-16-23(12-11-22(24)15-19)21-8-6-20(17-25)7-9-21/h5-12,15-16,18H,4,13-14H2,1-3H3. The number of nitriles is 1. The summed E-state index contributed by atoms with van der Waals surface area (Å²) in [6.07, 6.45) is 1.08. The second-order valence-corrected chi connectivity index (χ2v) is 7.06. The Morgan fingerprint density at radius 2 is 1.54 bits per heavy atom. The molecular formula is C24H26N2. The summed E-state index contributed by atoms with van der Waals surface area (Å²) >= 11 is 0. The minimum absolute atomic E-state index is 0.593. The molecular weight excluding hydrogens is 316 g/mol. The van der Waals surface area contributed by atoms with E-state index < -0.39 is 0 Å². The number of fused-ring (bicyclic) bond motifs is 1. The van der Waals surface area contributed by atoms with Crippen molar-refractivity contribution in [2.24, 2.45) is 0 Å². The van der Waals surface area contributed by atoms with E-state index in [4.69, 9.17) is 5.26 Å². The number of benzene rings is 3. The van der Waals surface area contributed by atoms with Gasteiger partial charge in [-0.05, 0) is 72.5 Å². The van der Waals surface area contributed by atoms with Crippen LogP contribution in [0.1, 0.15) is 31.9 Å². The van der Waals surface area contributed by atoms with Gasteiger partial charge in [0.15, 0.2) is 0 Å². The largest absolute Gasteiger partial charge is 0.301 e. The van der Waals surface area contributed by atoms with E-state index in [0.717, 1.165) is 25.1 Å². The van der Waals surface area contributed by atoms with E-state index in [1.807, 2.05) is 24.3 Å². The van der Waals surface area contributed by atoms with Gasteiger partial charge in [-0.25, -0.2) is 0 Å². The van der Waals surface area contributed by atoms with Crippen LogP contribution >= 0.6 is 0 Å². The molecule has 2 nitrogen and oxygen atoms in total. The highest BCUT2D eigenvalue weighted by Gasteiger charge is 2.07. The number of hydrogen-bond acceptors (Lipinski definition) is 2. The fraction of sp³-hybridized carbons (Fsp3) is 0.292. The molecule has 0 saturated heterocycles. The van der Waals surface area contributed by atoms with Gasteiger partial charge in [-0.3, -0.25) is 0 Å². The Morgan fingerprint density at radius 1 is 0.885 bits per heavy atom. The fourth-order valence-electron chi connectivity index (χ4n) is 3.42. The van der Waals surface area contributed by atoms with Gasteiger partial charge in [0.2, 0.25) is 0 Å². The fourth-order valence-corrected chi connectivity index (χ4v) is 3.42. The molecule has 3 aromatic carbocycles. The lowest BCUT2D eigenvalue weighted by molar-refractivity contribution is 0.236. The molecule has 0 fully saturated rings. The van der Waals surface area contributed by atoms with Gasteiger partial charge in [0.05, 0.1) is 11.6 Å². The van der Waals surface area contributed by atoms with Crippen molar-refractivity contribution in [2.45, 2.75) is 33.2 Å². The summed E-state index contributed by atoms with van der Waals surface area (Å²) < 4.78 is 0. The lowest BCUT2D eigenvalue weighted by atomic mass is 9.98. The van der Waals surface area contributed by atoms with E-state index in [2.05, 4.69) is 68.1 Å². The SMILES string of the molecule is CCN(CCc1ccc2cc(-c3ccc(C#N)cc3)ccc2c1)C(C)C. The molecule has 132 valence electrons. The van der Waals surface area contributed by atoms with Crippen molar-refractivity contribution in [3.05, 3.63) is 71.8 Å². The summed E-state index contributed by atoms with van der Waals surface area (Å²) in [5.74, 6) is 0. The van der Waals surface area contributed by atoms with Gasteiger partial charge >= 0.3 is 0 Å². The molecule has 0 unspecified atom stereocenters. The summed E-state index contributed by atoms with van der Waals surface area (Å²) in [6, 6.07) is 23.9. The predicted octanol–water partition coefficient (Wildman–Crippen LogP) is 5.65. The first-order chi connectivity index (χ1) is 12.6. The van der Waals surface area contributed by atoms with E-state index in [-0.39, 0.29) is 0 Å². The third kappa shape index (κ3) is 4.12. The van der Waals surface area contributed by atoms with E-state index in [9.17, 15) is 0 Å². The highest BCUT2D eigenvalue weighted by atomic mass is 15.1. The molecule has 0 N–H and O–H groups in total. The molecule has 0 saturated carbocycles. The van der Waals surface area contributed by atoms with E-state index in [1.165, 1.54) is 21.9 Å². The molecule has 0 aliphatic heterocycles. The van der Waals surface area contributed by atoms with Crippen LogP contribution in [-0.2, 0) is 6.42 Å². The molecule has 3 rings (SSSR count). The molecule has 0 radical (unpaired) electrons. The molecule has 0 bridgehead atoms. The molecule has 0 heterocycles.